The fraction of sp³-hybridized carbons (Fsp3) is 0.400. The molecule has 0 spiro atoms. The van der Waals surface area contributed by atoms with Crippen molar-refractivity contribution < 1.29 is 9.32 Å². The summed E-state index contributed by atoms with van der Waals surface area (Å²) >= 11 is 6.08. The molecule has 0 unspecified atom stereocenters. The Kier molecular flexibility index (Phi) is 5.38. The van der Waals surface area contributed by atoms with Crippen molar-refractivity contribution >= 4 is 17.6 Å². The third-order valence-corrected chi connectivity index (χ3v) is 3.78. The standard InChI is InChI=1S/C15H19ClN4O2/c1-4-20(9-14-18-11(3)19-22-14)15(21)17-8-12-6-5-7-13(16)10(12)2/h5-7H,4,8-9H2,1-3H3,(H,17,21). The zero-order chi connectivity index (χ0) is 16.1. The van der Waals surface area contributed by atoms with E-state index in [-0.39, 0.29) is 12.6 Å². The minimum absolute atomic E-state index is 0.183. The smallest absolute Gasteiger partial charge is 0.318 e. The molecule has 2 amide bonds. The van der Waals surface area contributed by atoms with E-state index in [1.165, 1.54) is 0 Å². The molecule has 0 fully saturated rings. The van der Waals surface area contributed by atoms with E-state index in [0.717, 1.165) is 11.1 Å². The predicted octanol–water partition coefficient (Wildman–Crippen LogP) is 3.07. The number of amides is 2. The van der Waals surface area contributed by atoms with Crippen LogP contribution in [-0.2, 0) is 13.1 Å². The number of hydrogen-bond donors (Lipinski definition) is 1. The van der Waals surface area contributed by atoms with E-state index in [1.54, 1.807) is 11.8 Å². The summed E-state index contributed by atoms with van der Waals surface area (Å²) in [5.74, 6) is 0.981. The second-order valence-electron chi connectivity index (χ2n) is 4.93. The molecule has 0 saturated carbocycles. The van der Waals surface area contributed by atoms with E-state index in [2.05, 4.69) is 15.5 Å². The van der Waals surface area contributed by atoms with Crippen molar-refractivity contribution in [1.29, 1.82) is 0 Å². The third kappa shape index (κ3) is 3.98. The summed E-state index contributed by atoms with van der Waals surface area (Å²) in [6.07, 6.45) is 0. The van der Waals surface area contributed by atoms with Gasteiger partial charge in [-0.15, -0.1) is 0 Å². The molecule has 2 rings (SSSR count). The first-order chi connectivity index (χ1) is 10.5. The molecule has 0 atom stereocenters. The van der Waals surface area contributed by atoms with Crippen LogP contribution in [0.1, 0.15) is 29.8 Å². The summed E-state index contributed by atoms with van der Waals surface area (Å²) in [4.78, 5) is 18.0. The Morgan fingerprint density at radius 2 is 2.18 bits per heavy atom. The zero-order valence-corrected chi connectivity index (χ0v) is 13.6. The number of halogens is 1. The van der Waals surface area contributed by atoms with Gasteiger partial charge in [-0.2, -0.15) is 4.98 Å². The molecule has 0 aliphatic rings. The maximum atomic E-state index is 12.2. The van der Waals surface area contributed by atoms with Crippen LogP contribution in [0.25, 0.3) is 0 Å². The van der Waals surface area contributed by atoms with Crippen LogP contribution in [0.2, 0.25) is 5.02 Å². The second-order valence-corrected chi connectivity index (χ2v) is 5.34. The first-order valence-electron chi connectivity index (χ1n) is 7.07. The second kappa shape index (κ2) is 7.26. The summed E-state index contributed by atoms with van der Waals surface area (Å²) in [6.45, 7) is 6.82. The fourth-order valence-electron chi connectivity index (χ4n) is 2.02. The van der Waals surface area contributed by atoms with Gasteiger partial charge in [0.2, 0.25) is 5.89 Å². The van der Waals surface area contributed by atoms with Crippen LogP contribution in [0, 0.1) is 13.8 Å². The van der Waals surface area contributed by atoms with Crippen molar-refractivity contribution in [2.24, 2.45) is 0 Å². The van der Waals surface area contributed by atoms with E-state index in [0.29, 0.717) is 29.8 Å². The van der Waals surface area contributed by atoms with Gasteiger partial charge in [-0.3, -0.25) is 0 Å². The lowest BCUT2D eigenvalue weighted by molar-refractivity contribution is 0.189. The van der Waals surface area contributed by atoms with Gasteiger partial charge in [0.1, 0.15) is 6.54 Å². The van der Waals surface area contributed by atoms with E-state index < -0.39 is 0 Å². The molecule has 0 radical (unpaired) electrons. The average Bonchev–Trinajstić information content (AvgIpc) is 2.91. The number of aryl methyl sites for hydroxylation is 1. The number of urea groups is 1. The Balaban J connectivity index is 1.96. The van der Waals surface area contributed by atoms with Crippen LogP contribution in [0.15, 0.2) is 22.7 Å². The predicted molar refractivity (Wildman–Crippen MR) is 83.5 cm³/mol. The Labute approximate surface area is 134 Å². The molecule has 0 saturated heterocycles. The molecular formula is C15H19ClN4O2. The number of benzene rings is 1. The summed E-state index contributed by atoms with van der Waals surface area (Å²) in [5.41, 5.74) is 1.96. The molecule has 0 aliphatic carbocycles. The molecule has 7 heteroatoms. The van der Waals surface area contributed by atoms with E-state index in [1.807, 2.05) is 32.0 Å². The highest BCUT2D eigenvalue weighted by atomic mass is 35.5. The summed E-state index contributed by atoms with van der Waals surface area (Å²) < 4.78 is 5.04. The number of nitrogens with zero attached hydrogens (tertiary/aromatic N) is 3. The lowest BCUT2D eigenvalue weighted by Crippen LogP contribution is -2.39. The van der Waals surface area contributed by atoms with Crippen LogP contribution in [0.3, 0.4) is 0 Å². The normalized spacial score (nSPS) is 10.5. The van der Waals surface area contributed by atoms with Gasteiger partial charge in [-0.05, 0) is 38.0 Å². The number of hydrogen-bond acceptors (Lipinski definition) is 4. The maximum absolute atomic E-state index is 12.2. The van der Waals surface area contributed by atoms with Gasteiger partial charge in [0.15, 0.2) is 5.82 Å². The molecule has 6 nitrogen and oxygen atoms in total. The minimum Gasteiger partial charge on any atom is -0.337 e. The van der Waals surface area contributed by atoms with Gasteiger partial charge in [-0.25, -0.2) is 4.79 Å². The molecule has 0 aliphatic heterocycles. The highest BCUT2D eigenvalue weighted by Crippen LogP contribution is 2.18. The minimum atomic E-state index is -0.183. The fourth-order valence-corrected chi connectivity index (χ4v) is 2.22. The molecule has 22 heavy (non-hydrogen) atoms. The largest absolute Gasteiger partial charge is 0.337 e. The lowest BCUT2D eigenvalue weighted by atomic mass is 10.1. The van der Waals surface area contributed by atoms with E-state index in [9.17, 15) is 4.79 Å². The molecule has 1 aromatic heterocycles. The molecule has 118 valence electrons. The number of aromatic nitrogens is 2. The molecular weight excluding hydrogens is 304 g/mol. The van der Waals surface area contributed by atoms with Crippen LogP contribution < -0.4 is 5.32 Å². The Morgan fingerprint density at radius 3 is 2.82 bits per heavy atom. The van der Waals surface area contributed by atoms with E-state index >= 15 is 0 Å². The molecule has 1 aromatic carbocycles. The Hall–Kier alpha value is -2.08. The summed E-state index contributed by atoms with van der Waals surface area (Å²) in [6, 6.07) is 5.46. The van der Waals surface area contributed by atoms with Gasteiger partial charge in [-0.1, -0.05) is 28.9 Å². The Morgan fingerprint density at radius 1 is 1.41 bits per heavy atom. The van der Waals surface area contributed by atoms with Crippen molar-refractivity contribution in [3.8, 4) is 0 Å². The monoisotopic (exact) mass is 322 g/mol. The SMILES string of the molecule is CCN(Cc1nc(C)no1)C(=O)NCc1cccc(Cl)c1C. The Bertz CT molecular complexity index is 657. The number of rotatable bonds is 5. The molecule has 1 heterocycles. The average molecular weight is 323 g/mol. The zero-order valence-electron chi connectivity index (χ0n) is 12.9. The summed E-state index contributed by atoms with van der Waals surface area (Å²) in [5, 5.41) is 7.30. The van der Waals surface area contributed by atoms with Gasteiger partial charge in [0.05, 0.1) is 0 Å². The van der Waals surface area contributed by atoms with E-state index in [4.69, 9.17) is 16.1 Å². The van der Waals surface area contributed by atoms with Gasteiger partial charge in [0.25, 0.3) is 0 Å². The van der Waals surface area contributed by atoms with Crippen molar-refractivity contribution in [2.75, 3.05) is 6.54 Å². The number of carbonyl (C=O) groups excluding carboxylic acids is 1. The van der Waals surface area contributed by atoms with Crippen LogP contribution in [-0.4, -0.2) is 27.6 Å². The van der Waals surface area contributed by atoms with Gasteiger partial charge in [0, 0.05) is 18.1 Å². The maximum Gasteiger partial charge on any atom is 0.318 e. The van der Waals surface area contributed by atoms with Gasteiger partial charge >= 0.3 is 6.03 Å². The van der Waals surface area contributed by atoms with Crippen molar-refractivity contribution in [2.45, 2.75) is 33.9 Å². The van der Waals surface area contributed by atoms with Crippen molar-refractivity contribution in [1.82, 2.24) is 20.4 Å². The van der Waals surface area contributed by atoms with Gasteiger partial charge < -0.3 is 14.7 Å². The number of nitrogens with one attached hydrogen (secondary N) is 1. The highest BCUT2D eigenvalue weighted by Gasteiger charge is 2.15. The molecule has 2 aromatic rings. The lowest BCUT2D eigenvalue weighted by Gasteiger charge is -2.20. The van der Waals surface area contributed by atoms with Crippen molar-refractivity contribution in [3.63, 3.8) is 0 Å². The molecule has 1 N–H and O–H groups in total. The van der Waals surface area contributed by atoms with Crippen LogP contribution in [0.4, 0.5) is 4.79 Å². The first-order valence-corrected chi connectivity index (χ1v) is 7.45. The van der Waals surface area contributed by atoms with Crippen LogP contribution >= 0.6 is 11.6 Å². The van der Waals surface area contributed by atoms with Crippen LogP contribution in [0.5, 0.6) is 0 Å². The quantitative estimate of drug-likeness (QED) is 0.918. The molecule has 0 bridgehead atoms. The summed E-state index contributed by atoms with van der Waals surface area (Å²) in [7, 11) is 0. The van der Waals surface area contributed by atoms with Crippen molar-refractivity contribution in [3.05, 3.63) is 46.1 Å². The topological polar surface area (TPSA) is 71.3 Å². The third-order valence-electron chi connectivity index (χ3n) is 3.37. The first kappa shape index (κ1) is 16.3. The number of carbonyl (C=O) groups is 1. The highest BCUT2D eigenvalue weighted by molar-refractivity contribution is 6.31.